The van der Waals surface area contributed by atoms with Crippen molar-refractivity contribution in [2.45, 2.75) is 0 Å². The fraction of sp³-hybridized carbons (Fsp3) is 0.125. The Hall–Kier alpha value is -0.730. The van der Waals surface area contributed by atoms with Crippen LogP contribution in [-0.2, 0) is 4.79 Å². The first-order valence-electron chi connectivity index (χ1n) is 3.25. The van der Waals surface area contributed by atoms with Gasteiger partial charge in [0.2, 0.25) is 0 Å². The van der Waals surface area contributed by atoms with Crippen LogP contribution in [-0.4, -0.2) is 11.8 Å². The Morgan fingerprint density at radius 2 is 2.08 bits per heavy atom. The Balaban J connectivity index is 2.75. The van der Waals surface area contributed by atoms with Crippen LogP contribution in [0.1, 0.15) is 0 Å². The lowest BCUT2D eigenvalue weighted by Crippen LogP contribution is -2.08. The molecule has 64 valence electrons. The summed E-state index contributed by atoms with van der Waals surface area (Å²) in [5, 5.41) is 0.399. The number of esters is 1. The van der Waals surface area contributed by atoms with Gasteiger partial charge in [0.25, 0.3) is 0 Å². The summed E-state index contributed by atoms with van der Waals surface area (Å²) >= 11 is 10.9. The van der Waals surface area contributed by atoms with Gasteiger partial charge in [-0.25, -0.2) is 0 Å². The van der Waals surface area contributed by atoms with E-state index < -0.39 is 5.97 Å². The zero-order valence-corrected chi connectivity index (χ0v) is 7.60. The monoisotopic (exact) mass is 204 g/mol. The molecule has 2 nitrogen and oxygen atoms in total. The summed E-state index contributed by atoms with van der Waals surface area (Å²) in [4.78, 5) is 10.7. The summed E-state index contributed by atoms with van der Waals surface area (Å²) in [5.74, 6) is -0.347. The maximum absolute atomic E-state index is 10.7. The summed E-state index contributed by atoms with van der Waals surface area (Å²) < 4.78 is 4.79. The summed E-state index contributed by atoms with van der Waals surface area (Å²) in [5.41, 5.74) is 0. The molecule has 1 rings (SSSR count). The van der Waals surface area contributed by atoms with Crippen LogP contribution in [0.3, 0.4) is 0 Å². The molecule has 1 aromatic carbocycles. The van der Waals surface area contributed by atoms with E-state index in [0.717, 1.165) is 0 Å². The average molecular weight is 205 g/mol. The first-order valence-corrected chi connectivity index (χ1v) is 4.16. The van der Waals surface area contributed by atoms with Crippen molar-refractivity contribution in [2.24, 2.45) is 0 Å². The lowest BCUT2D eigenvalue weighted by atomic mass is 10.3. The number of para-hydroxylation sites is 1. The number of ether oxygens (including phenoxy) is 1. The Bertz CT molecular complexity index is 286. The number of halogens is 2. The van der Waals surface area contributed by atoms with Crippen molar-refractivity contribution < 1.29 is 9.53 Å². The Morgan fingerprint density at radius 1 is 1.42 bits per heavy atom. The number of hydrogen-bond donors (Lipinski definition) is 0. The number of benzene rings is 1. The molecule has 0 aliphatic rings. The Labute approximate surface area is 80.0 Å². The molecular weight excluding hydrogens is 199 g/mol. The molecule has 0 saturated carbocycles. The van der Waals surface area contributed by atoms with Gasteiger partial charge < -0.3 is 4.74 Å². The first kappa shape index (κ1) is 9.36. The highest BCUT2D eigenvalue weighted by Gasteiger charge is 2.04. The highest BCUT2D eigenvalue weighted by molar-refractivity contribution is 6.32. The number of rotatable bonds is 2. The molecule has 0 bridgehead atoms. The fourth-order valence-electron chi connectivity index (χ4n) is 0.677. The second kappa shape index (κ2) is 4.33. The minimum Gasteiger partial charge on any atom is -0.424 e. The van der Waals surface area contributed by atoms with Crippen LogP contribution in [0.4, 0.5) is 0 Å². The SMILES string of the molecule is O=C(CCl)Oc1ccccc1Cl. The molecule has 0 atom stereocenters. The van der Waals surface area contributed by atoms with Crippen molar-refractivity contribution >= 4 is 29.2 Å². The van der Waals surface area contributed by atoms with Crippen molar-refractivity contribution in [2.75, 3.05) is 5.88 Å². The fourth-order valence-corrected chi connectivity index (χ4v) is 0.906. The van der Waals surface area contributed by atoms with E-state index in [1.165, 1.54) is 0 Å². The number of hydrogen-bond acceptors (Lipinski definition) is 2. The number of carbonyl (C=O) groups is 1. The van der Waals surface area contributed by atoms with Crippen molar-refractivity contribution in [3.63, 3.8) is 0 Å². The zero-order valence-electron chi connectivity index (χ0n) is 6.09. The normalized spacial score (nSPS) is 9.50. The topological polar surface area (TPSA) is 26.3 Å². The number of carbonyl (C=O) groups excluding carboxylic acids is 1. The highest BCUT2D eigenvalue weighted by Crippen LogP contribution is 2.23. The quantitative estimate of drug-likeness (QED) is 0.421. The predicted molar refractivity (Wildman–Crippen MR) is 47.8 cm³/mol. The smallest absolute Gasteiger partial charge is 0.326 e. The first-order chi connectivity index (χ1) is 5.74. The van der Waals surface area contributed by atoms with Crippen molar-refractivity contribution in [3.8, 4) is 5.75 Å². The average Bonchev–Trinajstić information content (AvgIpc) is 2.09. The van der Waals surface area contributed by atoms with Gasteiger partial charge in [-0.3, -0.25) is 4.79 Å². The maximum atomic E-state index is 10.7. The second-order valence-corrected chi connectivity index (χ2v) is 2.71. The molecule has 1 aromatic rings. The van der Waals surface area contributed by atoms with Gasteiger partial charge in [-0.2, -0.15) is 0 Å². The van der Waals surface area contributed by atoms with E-state index in [0.29, 0.717) is 10.8 Å². The van der Waals surface area contributed by atoms with Gasteiger partial charge in [-0.15, -0.1) is 11.6 Å². The molecule has 0 saturated heterocycles. The number of alkyl halides is 1. The van der Waals surface area contributed by atoms with Crippen LogP contribution in [0.15, 0.2) is 24.3 Å². The van der Waals surface area contributed by atoms with Crippen LogP contribution in [0.5, 0.6) is 5.75 Å². The minimum absolute atomic E-state index is 0.175. The molecule has 0 aliphatic heterocycles. The predicted octanol–water partition coefficient (Wildman–Crippen LogP) is 2.48. The summed E-state index contributed by atoms with van der Waals surface area (Å²) in [6.45, 7) is 0. The third kappa shape index (κ3) is 2.40. The van der Waals surface area contributed by atoms with E-state index in [1.54, 1.807) is 24.3 Å². The third-order valence-corrected chi connectivity index (χ3v) is 1.70. The van der Waals surface area contributed by atoms with E-state index in [1.807, 2.05) is 0 Å². The molecule has 0 spiro atoms. The highest BCUT2D eigenvalue weighted by atomic mass is 35.5. The van der Waals surface area contributed by atoms with Crippen LogP contribution in [0.2, 0.25) is 5.02 Å². The second-order valence-electron chi connectivity index (χ2n) is 2.04. The van der Waals surface area contributed by atoms with Gasteiger partial charge in [-0.05, 0) is 12.1 Å². The summed E-state index contributed by atoms with van der Waals surface area (Å²) in [6.07, 6.45) is 0. The Morgan fingerprint density at radius 3 is 2.67 bits per heavy atom. The molecule has 0 aromatic heterocycles. The van der Waals surface area contributed by atoms with Crippen molar-refractivity contribution in [3.05, 3.63) is 29.3 Å². The van der Waals surface area contributed by atoms with E-state index in [2.05, 4.69) is 0 Å². The van der Waals surface area contributed by atoms with Gasteiger partial charge in [0.1, 0.15) is 11.6 Å². The molecule has 0 aliphatic carbocycles. The molecule has 0 heterocycles. The van der Waals surface area contributed by atoms with Crippen LogP contribution in [0, 0.1) is 0 Å². The van der Waals surface area contributed by atoms with Crippen LogP contribution in [0.25, 0.3) is 0 Å². The maximum Gasteiger partial charge on any atom is 0.326 e. The third-order valence-electron chi connectivity index (χ3n) is 1.17. The van der Waals surface area contributed by atoms with E-state index in [4.69, 9.17) is 27.9 Å². The van der Waals surface area contributed by atoms with Gasteiger partial charge >= 0.3 is 5.97 Å². The molecule has 4 heteroatoms. The molecule has 0 fully saturated rings. The van der Waals surface area contributed by atoms with E-state index in [-0.39, 0.29) is 5.88 Å². The largest absolute Gasteiger partial charge is 0.424 e. The lowest BCUT2D eigenvalue weighted by Gasteiger charge is -2.02. The van der Waals surface area contributed by atoms with Crippen LogP contribution >= 0.6 is 23.2 Å². The standard InChI is InChI=1S/C8H6Cl2O2/c9-5-8(11)12-7-4-2-1-3-6(7)10/h1-4H,5H2. The van der Waals surface area contributed by atoms with Crippen LogP contribution < -0.4 is 4.74 Å². The van der Waals surface area contributed by atoms with E-state index >= 15 is 0 Å². The van der Waals surface area contributed by atoms with Gasteiger partial charge in [0.05, 0.1) is 5.02 Å². The molecule has 0 unspecified atom stereocenters. The van der Waals surface area contributed by atoms with Gasteiger partial charge in [0, 0.05) is 0 Å². The zero-order chi connectivity index (χ0) is 8.97. The Kier molecular flexibility index (Phi) is 3.38. The molecule has 0 N–H and O–H groups in total. The summed E-state index contributed by atoms with van der Waals surface area (Å²) in [7, 11) is 0. The van der Waals surface area contributed by atoms with Gasteiger partial charge in [-0.1, -0.05) is 23.7 Å². The van der Waals surface area contributed by atoms with Crippen molar-refractivity contribution in [1.82, 2.24) is 0 Å². The lowest BCUT2D eigenvalue weighted by molar-refractivity contribution is -0.131. The summed E-state index contributed by atoms with van der Waals surface area (Å²) in [6, 6.07) is 6.72. The molecule has 12 heavy (non-hydrogen) atoms. The van der Waals surface area contributed by atoms with Gasteiger partial charge in [0.15, 0.2) is 0 Å². The molecular formula is C8H6Cl2O2. The molecule has 0 amide bonds. The van der Waals surface area contributed by atoms with E-state index in [9.17, 15) is 4.79 Å². The molecule has 0 radical (unpaired) electrons. The van der Waals surface area contributed by atoms with Crippen molar-refractivity contribution in [1.29, 1.82) is 0 Å². The minimum atomic E-state index is -0.509.